The van der Waals surface area contributed by atoms with Gasteiger partial charge in [-0.15, -0.1) is 6.42 Å². The number of aliphatic hydroxyl groups excluding tert-OH is 1. The molecule has 0 bridgehead atoms. The summed E-state index contributed by atoms with van der Waals surface area (Å²) in [5.74, 6) is 1.89. The Bertz CT molecular complexity index is 1370. The molecule has 5 N–H and O–H groups in total. The lowest BCUT2D eigenvalue weighted by atomic mass is 9.46. The topological polar surface area (TPSA) is 175 Å². The van der Waals surface area contributed by atoms with E-state index >= 15 is 0 Å². The Kier molecular flexibility index (Phi) is 8.35. The molecule has 0 radical (unpaired) electrons. The number of terminal acetylenes is 1. The lowest BCUT2D eigenvalue weighted by Gasteiger charge is -2.58. The predicted molar refractivity (Wildman–Crippen MR) is 157 cm³/mol. The molecule has 43 heavy (non-hydrogen) atoms. The number of anilines is 1. The first-order valence-corrected chi connectivity index (χ1v) is 14.9. The molecule has 5 rings (SSSR count). The number of hydrogen-bond donors (Lipinski definition) is 5. The Balaban J connectivity index is 1.20. The normalized spacial score (nSPS) is 35.3. The van der Waals surface area contributed by atoms with Crippen molar-refractivity contribution in [3.05, 3.63) is 46.7 Å². The number of fused-ring (bicyclic) bond motifs is 5. The van der Waals surface area contributed by atoms with E-state index in [4.69, 9.17) is 16.5 Å². The van der Waals surface area contributed by atoms with Gasteiger partial charge in [-0.2, -0.15) is 0 Å². The number of hydrogen-bond acceptors (Lipinski definition) is 9. The minimum Gasteiger partial charge on any atom is -0.733 e. The van der Waals surface area contributed by atoms with Gasteiger partial charge in [-0.3, -0.25) is 10.0 Å². The second-order valence-corrected chi connectivity index (χ2v) is 13.1. The minimum absolute atomic E-state index is 0.0233. The molecule has 11 heteroatoms. The predicted octanol–water partition coefficient (Wildman–Crippen LogP) is 3.68. The highest BCUT2D eigenvalue weighted by molar-refractivity contribution is 5.96. The van der Waals surface area contributed by atoms with E-state index in [1.165, 1.54) is 23.8 Å². The van der Waals surface area contributed by atoms with Crippen molar-refractivity contribution < 1.29 is 35.0 Å². The van der Waals surface area contributed by atoms with Gasteiger partial charge in [-0.05, 0) is 98.3 Å². The molecule has 1 aromatic carbocycles. The quantitative estimate of drug-likeness (QED) is 0.222. The number of carboxylic acids is 1. The maximum absolute atomic E-state index is 12.5. The number of nitrogens with one attached hydrogen (secondary N) is 1. The highest BCUT2D eigenvalue weighted by Crippen LogP contribution is 2.67. The number of rotatable bonds is 8. The van der Waals surface area contributed by atoms with E-state index in [0.29, 0.717) is 30.6 Å². The highest BCUT2D eigenvalue weighted by atomic mass is 16.8. The van der Waals surface area contributed by atoms with Crippen LogP contribution < -0.4 is 10.5 Å². The number of carbonyl (C=O) groups is 2. The van der Waals surface area contributed by atoms with Crippen LogP contribution in [0.15, 0.2) is 41.1 Å². The summed E-state index contributed by atoms with van der Waals surface area (Å²) in [6.45, 7) is 3.98. The Morgan fingerprint density at radius 1 is 1.21 bits per heavy atom. The van der Waals surface area contributed by atoms with Gasteiger partial charge in [0.2, 0.25) is 0 Å². The van der Waals surface area contributed by atoms with E-state index in [1.807, 2.05) is 0 Å². The fourth-order valence-corrected chi connectivity index (χ4v) is 8.58. The molecule has 0 heterocycles. The Labute approximate surface area is 251 Å². The van der Waals surface area contributed by atoms with Crippen LogP contribution in [0.5, 0.6) is 0 Å². The monoisotopic (exact) mass is 594 g/mol. The SMILES string of the molecule is C#C[C@]1(O)CC[C@@H]2[C@H]3CCC4=CC(=NOCC(=O)N[C@H](C(=O)O)[C@H](O)c5cccc(N([O-])O)c5)CC[C@]4(C)[C@H]3CC[C@]21C. The van der Waals surface area contributed by atoms with Crippen LogP contribution in [0.4, 0.5) is 5.69 Å². The molecule has 0 aliphatic heterocycles. The summed E-state index contributed by atoms with van der Waals surface area (Å²) in [5.41, 5.74) is 0.634. The first-order valence-electron chi connectivity index (χ1n) is 14.9. The third kappa shape index (κ3) is 5.42. The largest absolute Gasteiger partial charge is 0.733 e. The number of aliphatic carboxylic acids is 1. The van der Waals surface area contributed by atoms with Gasteiger partial charge in [-0.25, -0.2) is 4.79 Å². The van der Waals surface area contributed by atoms with Gasteiger partial charge in [0.15, 0.2) is 12.6 Å². The average molecular weight is 595 g/mol. The van der Waals surface area contributed by atoms with E-state index in [-0.39, 0.29) is 22.1 Å². The molecule has 0 aromatic heterocycles. The fourth-order valence-electron chi connectivity index (χ4n) is 8.58. The Morgan fingerprint density at radius 2 is 1.95 bits per heavy atom. The molecule has 4 aliphatic carbocycles. The maximum atomic E-state index is 12.5. The summed E-state index contributed by atoms with van der Waals surface area (Å²) in [7, 11) is 0. The van der Waals surface area contributed by atoms with Crippen LogP contribution in [-0.2, 0) is 14.4 Å². The number of carbonyl (C=O) groups excluding carboxylic acids is 1. The van der Waals surface area contributed by atoms with Gasteiger partial charge < -0.3 is 35.9 Å². The molecule has 1 aromatic rings. The van der Waals surface area contributed by atoms with Crippen LogP contribution in [0.2, 0.25) is 0 Å². The second-order valence-electron chi connectivity index (χ2n) is 13.1. The minimum atomic E-state index is -1.72. The number of amides is 1. The first-order chi connectivity index (χ1) is 20.3. The van der Waals surface area contributed by atoms with Crippen molar-refractivity contribution in [3.63, 3.8) is 0 Å². The molecule has 0 spiro atoms. The van der Waals surface area contributed by atoms with Gasteiger partial charge in [0, 0.05) is 5.41 Å². The van der Waals surface area contributed by atoms with Crippen LogP contribution in [0.3, 0.4) is 0 Å². The molecule has 1 amide bonds. The zero-order valence-electron chi connectivity index (χ0n) is 24.5. The Morgan fingerprint density at radius 3 is 2.65 bits per heavy atom. The molecule has 232 valence electrons. The van der Waals surface area contributed by atoms with E-state index in [1.54, 1.807) is 0 Å². The lowest BCUT2D eigenvalue weighted by molar-refractivity contribution is -0.146. The number of carboxylic acid groups (broad SMARTS) is 1. The summed E-state index contributed by atoms with van der Waals surface area (Å²) >= 11 is 0. The third-order valence-electron chi connectivity index (χ3n) is 11.1. The highest BCUT2D eigenvalue weighted by Gasteiger charge is 2.63. The van der Waals surface area contributed by atoms with Crippen LogP contribution in [0.1, 0.15) is 76.9 Å². The average Bonchev–Trinajstić information content (AvgIpc) is 3.26. The molecule has 11 nitrogen and oxygen atoms in total. The zero-order valence-corrected chi connectivity index (χ0v) is 24.5. The van der Waals surface area contributed by atoms with Gasteiger partial charge in [0.1, 0.15) is 11.7 Å². The summed E-state index contributed by atoms with van der Waals surface area (Å²) < 4.78 is 0. The van der Waals surface area contributed by atoms with Gasteiger partial charge >= 0.3 is 5.97 Å². The first kappa shape index (κ1) is 31.0. The van der Waals surface area contributed by atoms with Crippen molar-refractivity contribution in [2.75, 3.05) is 11.8 Å². The number of allylic oxidation sites excluding steroid dienone is 2. The van der Waals surface area contributed by atoms with Crippen molar-refractivity contribution in [1.29, 1.82) is 0 Å². The van der Waals surface area contributed by atoms with Crippen molar-refractivity contribution in [1.82, 2.24) is 5.32 Å². The standard InChI is InChI=1S/C32H40N3O8/c1-4-32(40)15-12-25-23-9-8-20-17-21(10-13-30(20,2)24(23)11-14-31(25,32)3)34-43-18-26(36)33-27(29(38)39)28(37)19-6-5-7-22(16-19)35(41)42/h1,5-7,16-17,23-25,27-28,37,40-41H,8-15,18H2,2-3H3,(H,33,36)(H,38,39)/q-1/t23-,24-,25+,27-,28+,30-,31+,32-/m0/s1. The molecule has 3 fully saturated rings. The van der Waals surface area contributed by atoms with E-state index in [2.05, 4.69) is 36.3 Å². The summed E-state index contributed by atoms with van der Waals surface area (Å²) in [5, 5.41) is 57.6. The fraction of sp³-hybridized carbons (Fsp3) is 0.594. The lowest BCUT2D eigenvalue weighted by Crippen LogP contribution is -2.54. The third-order valence-corrected chi connectivity index (χ3v) is 11.1. The number of oxime groups is 1. The molecular formula is C32H40N3O8-. The number of aliphatic hydroxyl groups is 2. The van der Waals surface area contributed by atoms with Crippen LogP contribution >= 0.6 is 0 Å². The number of benzene rings is 1. The smallest absolute Gasteiger partial charge is 0.329 e. The van der Waals surface area contributed by atoms with E-state index in [9.17, 15) is 30.1 Å². The van der Waals surface area contributed by atoms with Crippen LogP contribution in [0, 0.1) is 46.1 Å². The van der Waals surface area contributed by atoms with Crippen LogP contribution in [-0.4, -0.2) is 56.4 Å². The molecule has 8 atom stereocenters. The molecule has 4 aliphatic rings. The Hall–Kier alpha value is -3.43. The summed E-state index contributed by atoms with van der Waals surface area (Å²) in [4.78, 5) is 29.6. The molecule has 3 saturated carbocycles. The van der Waals surface area contributed by atoms with Crippen molar-refractivity contribution in [3.8, 4) is 12.3 Å². The summed E-state index contributed by atoms with van der Waals surface area (Å²) in [6.07, 6.45) is 13.3. The van der Waals surface area contributed by atoms with Crippen molar-refractivity contribution >= 4 is 23.3 Å². The maximum Gasteiger partial charge on any atom is 0.329 e. The van der Waals surface area contributed by atoms with Crippen molar-refractivity contribution in [2.24, 2.45) is 33.7 Å². The molecular weight excluding hydrogens is 554 g/mol. The molecule has 0 saturated heterocycles. The van der Waals surface area contributed by atoms with Gasteiger partial charge in [-0.1, -0.05) is 42.6 Å². The van der Waals surface area contributed by atoms with E-state index in [0.717, 1.165) is 50.3 Å². The van der Waals surface area contributed by atoms with Crippen LogP contribution in [0.25, 0.3) is 0 Å². The van der Waals surface area contributed by atoms with E-state index < -0.39 is 41.5 Å². The van der Waals surface area contributed by atoms with Crippen molar-refractivity contribution in [2.45, 2.75) is 83.0 Å². The molecule has 0 unspecified atom stereocenters. The summed E-state index contributed by atoms with van der Waals surface area (Å²) in [6, 6.07) is 3.41. The zero-order chi connectivity index (χ0) is 31.2. The second kappa shape index (κ2) is 11.6. The van der Waals surface area contributed by atoms with Gasteiger partial charge in [0.05, 0.1) is 11.4 Å². The van der Waals surface area contributed by atoms with Gasteiger partial charge in [0.25, 0.3) is 5.91 Å². The number of nitrogens with zero attached hydrogens (tertiary/aromatic N) is 2.